The third kappa shape index (κ3) is 1.84. The zero-order valence-corrected chi connectivity index (χ0v) is 13.6. The molecule has 1 N–H and O–H groups in total. The molecule has 4 saturated carbocycles. The highest BCUT2D eigenvalue weighted by molar-refractivity contribution is 5.87. The lowest BCUT2D eigenvalue weighted by molar-refractivity contribution is -0.144. The average Bonchev–Trinajstić information content (AvgIpc) is 2.74. The predicted octanol–water partition coefficient (Wildman–Crippen LogP) is 3.96. The van der Waals surface area contributed by atoms with Crippen molar-refractivity contribution in [2.45, 2.75) is 77.7 Å². The van der Waals surface area contributed by atoms with Crippen LogP contribution in [0.3, 0.4) is 0 Å². The number of Topliss-reactive ketones (excluding diaryl/α,β-unsaturated/α-hetero) is 1. The molecule has 2 unspecified atom stereocenters. The van der Waals surface area contributed by atoms with Gasteiger partial charge < -0.3 is 5.11 Å². The number of aliphatic hydroxyl groups is 1. The first-order valence-electron chi connectivity index (χ1n) is 9.16. The van der Waals surface area contributed by atoms with Crippen molar-refractivity contribution < 1.29 is 9.90 Å². The van der Waals surface area contributed by atoms with E-state index in [0.29, 0.717) is 17.1 Å². The van der Waals surface area contributed by atoms with Gasteiger partial charge in [-0.1, -0.05) is 13.8 Å². The summed E-state index contributed by atoms with van der Waals surface area (Å²) >= 11 is 0. The van der Waals surface area contributed by atoms with Gasteiger partial charge in [0.15, 0.2) is 0 Å². The molecule has 0 amide bonds. The van der Waals surface area contributed by atoms with Crippen LogP contribution in [-0.4, -0.2) is 17.0 Å². The molecule has 21 heavy (non-hydrogen) atoms. The molecule has 0 heterocycles. The standard InChI is InChI=1S/C19H30O2/c1-18-10-9-16-14(15(18)7-8-17(18)21)6-4-12-3-5-13(20)11-19(12,16)2/h12-16,20H,3-11H2,1-2H3/t12?,13?,14-,15-,16+,18-,19-/m0/s1. The Labute approximate surface area is 128 Å². The molecule has 0 bridgehead atoms. The van der Waals surface area contributed by atoms with Crippen molar-refractivity contribution in [1.29, 1.82) is 0 Å². The quantitative estimate of drug-likeness (QED) is 0.733. The predicted molar refractivity (Wildman–Crippen MR) is 82.7 cm³/mol. The number of carbonyl (C=O) groups is 1. The van der Waals surface area contributed by atoms with Crippen LogP contribution < -0.4 is 0 Å². The van der Waals surface area contributed by atoms with Crippen LogP contribution >= 0.6 is 0 Å². The van der Waals surface area contributed by atoms with E-state index in [9.17, 15) is 9.90 Å². The van der Waals surface area contributed by atoms with Crippen LogP contribution in [0.5, 0.6) is 0 Å². The lowest BCUT2D eigenvalue weighted by Gasteiger charge is -2.60. The maximum Gasteiger partial charge on any atom is 0.139 e. The number of hydrogen-bond acceptors (Lipinski definition) is 2. The van der Waals surface area contributed by atoms with E-state index in [1.54, 1.807) is 0 Å². The lowest BCUT2D eigenvalue weighted by Crippen LogP contribution is -2.54. The fraction of sp³-hybridized carbons (Fsp3) is 0.947. The van der Waals surface area contributed by atoms with Gasteiger partial charge in [0.2, 0.25) is 0 Å². The molecule has 2 heteroatoms. The topological polar surface area (TPSA) is 37.3 Å². The minimum Gasteiger partial charge on any atom is -0.393 e. The van der Waals surface area contributed by atoms with E-state index in [1.165, 1.54) is 25.7 Å². The summed E-state index contributed by atoms with van der Waals surface area (Å²) < 4.78 is 0. The number of rotatable bonds is 0. The van der Waals surface area contributed by atoms with E-state index < -0.39 is 0 Å². The third-order valence-electron chi connectivity index (χ3n) is 8.30. The molecular formula is C19H30O2. The van der Waals surface area contributed by atoms with Crippen molar-refractivity contribution in [2.24, 2.45) is 34.5 Å². The van der Waals surface area contributed by atoms with E-state index in [0.717, 1.165) is 49.9 Å². The van der Waals surface area contributed by atoms with Gasteiger partial charge in [0, 0.05) is 11.8 Å². The van der Waals surface area contributed by atoms with E-state index in [2.05, 4.69) is 13.8 Å². The number of aliphatic hydroxyl groups excluding tert-OH is 1. The van der Waals surface area contributed by atoms with E-state index in [1.807, 2.05) is 0 Å². The number of fused-ring (bicyclic) bond motifs is 5. The number of ketones is 1. The zero-order chi connectivity index (χ0) is 14.8. The number of carbonyl (C=O) groups excluding carboxylic acids is 1. The molecule has 4 aliphatic carbocycles. The van der Waals surface area contributed by atoms with Gasteiger partial charge >= 0.3 is 0 Å². The highest BCUT2D eigenvalue weighted by atomic mass is 16.3. The summed E-state index contributed by atoms with van der Waals surface area (Å²) in [5.74, 6) is 3.52. The molecule has 4 aliphatic rings. The second-order valence-corrected chi connectivity index (χ2v) is 9.01. The molecule has 0 spiro atoms. The first-order valence-corrected chi connectivity index (χ1v) is 9.16. The van der Waals surface area contributed by atoms with Crippen molar-refractivity contribution in [3.8, 4) is 0 Å². The summed E-state index contributed by atoms with van der Waals surface area (Å²) in [4.78, 5) is 12.4. The average molecular weight is 290 g/mol. The van der Waals surface area contributed by atoms with Gasteiger partial charge in [0.1, 0.15) is 5.78 Å². The van der Waals surface area contributed by atoms with Crippen LogP contribution in [-0.2, 0) is 4.79 Å². The maximum atomic E-state index is 12.4. The number of hydrogen-bond donors (Lipinski definition) is 1. The molecule has 0 aromatic carbocycles. The smallest absolute Gasteiger partial charge is 0.139 e. The Morgan fingerprint density at radius 2 is 1.76 bits per heavy atom. The van der Waals surface area contributed by atoms with Crippen molar-refractivity contribution in [1.82, 2.24) is 0 Å². The molecule has 118 valence electrons. The highest BCUT2D eigenvalue weighted by Crippen LogP contribution is 2.65. The van der Waals surface area contributed by atoms with Crippen molar-refractivity contribution >= 4 is 5.78 Å². The first kappa shape index (κ1) is 14.2. The Morgan fingerprint density at radius 1 is 1.00 bits per heavy atom. The molecule has 0 radical (unpaired) electrons. The Balaban J connectivity index is 1.66. The fourth-order valence-corrected chi connectivity index (χ4v) is 7.10. The summed E-state index contributed by atoms with van der Waals surface area (Å²) in [6.07, 6.45) is 10.1. The highest BCUT2D eigenvalue weighted by Gasteiger charge is 2.60. The van der Waals surface area contributed by atoms with Crippen LogP contribution in [0.15, 0.2) is 0 Å². The summed E-state index contributed by atoms with van der Waals surface area (Å²) in [6.45, 7) is 4.73. The normalized spacial score (nSPS) is 56.5. The molecule has 7 atom stereocenters. The first-order chi connectivity index (χ1) is 9.95. The van der Waals surface area contributed by atoms with Gasteiger partial charge in [0.25, 0.3) is 0 Å². The minimum absolute atomic E-state index is 0.00234. The van der Waals surface area contributed by atoms with Crippen molar-refractivity contribution in [3.63, 3.8) is 0 Å². The molecule has 0 aromatic rings. The summed E-state index contributed by atoms with van der Waals surface area (Å²) in [6, 6.07) is 0. The minimum atomic E-state index is -0.0801. The Morgan fingerprint density at radius 3 is 2.57 bits per heavy atom. The monoisotopic (exact) mass is 290 g/mol. The second-order valence-electron chi connectivity index (χ2n) is 9.01. The van der Waals surface area contributed by atoms with Gasteiger partial charge in [-0.2, -0.15) is 0 Å². The Kier molecular flexibility index (Phi) is 3.10. The van der Waals surface area contributed by atoms with Crippen LogP contribution in [0.1, 0.15) is 71.6 Å². The Bertz CT molecular complexity index is 458. The SMILES string of the molecule is C[C@]12CC(O)CCC1CC[C@@H]1[C@H]2CC[C@]2(C)C(=O)CC[C@@H]12. The molecule has 0 aliphatic heterocycles. The maximum absolute atomic E-state index is 12.4. The van der Waals surface area contributed by atoms with Crippen LogP contribution in [0.2, 0.25) is 0 Å². The van der Waals surface area contributed by atoms with Gasteiger partial charge in [0.05, 0.1) is 6.10 Å². The molecule has 2 nitrogen and oxygen atoms in total. The lowest BCUT2D eigenvalue weighted by atomic mass is 9.45. The summed E-state index contributed by atoms with van der Waals surface area (Å²) in [5.41, 5.74) is 0.338. The van der Waals surface area contributed by atoms with E-state index >= 15 is 0 Å². The third-order valence-corrected chi connectivity index (χ3v) is 8.30. The Hall–Kier alpha value is -0.370. The second kappa shape index (κ2) is 4.57. The summed E-state index contributed by atoms with van der Waals surface area (Å²) in [7, 11) is 0. The molecule has 0 aromatic heterocycles. The van der Waals surface area contributed by atoms with Gasteiger partial charge in [-0.05, 0) is 80.5 Å². The fourth-order valence-electron chi connectivity index (χ4n) is 7.10. The molecule has 4 fully saturated rings. The van der Waals surface area contributed by atoms with Gasteiger partial charge in [-0.25, -0.2) is 0 Å². The van der Waals surface area contributed by atoms with Crippen molar-refractivity contribution in [2.75, 3.05) is 0 Å². The van der Waals surface area contributed by atoms with Crippen LogP contribution in [0.4, 0.5) is 0 Å². The van der Waals surface area contributed by atoms with E-state index in [-0.39, 0.29) is 11.5 Å². The zero-order valence-electron chi connectivity index (χ0n) is 13.6. The van der Waals surface area contributed by atoms with Crippen LogP contribution in [0, 0.1) is 34.5 Å². The van der Waals surface area contributed by atoms with Gasteiger partial charge in [-0.15, -0.1) is 0 Å². The molecular weight excluding hydrogens is 260 g/mol. The largest absolute Gasteiger partial charge is 0.393 e. The molecule has 0 saturated heterocycles. The van der Waals surface area contributed by atoms with Crippen LogP contribution in [0.25, 0.3) is 0 Å². The summed E-state index contributed by atoms with van der Waals surface area (Å²) in [5, 5.41) is 10.2. The van der Waals surface area contributed by atoms with Gasteiger partial charge in [-0.3, -0.25) is 4.79 Å². The molecule has 4 rings (SSSR count). The van der Waals surface area contributed by atoms with E-state index in [4.69, 9.17) is 0 Å². The van der Waals surface area contributed by atoms with Crippen molar-refractivity contribution in [3.05, 3.63) is 0 Å².